The van der Waals surface area contributed by atoms with Crippen LogP contribution in [0.15, 0.2) is 41.4 Å². The van der Waals surface area contributed by atoms with Gasteiger partial charge in [0.1, 0.15) is 11.5 Å². The lowest BCUT2D eigenvalue weighted by molar-refractivity contribution is 0.478. The number of hydrogen-bond donors (Lipinski definition) is 0. The van der Waals surface area contributed by atoms with E-state index in [1.165, 1.54) is 31.2 Å². The van der Waals surface area contributed by atoms with E-state index in [4.69, 9.17) is 4.74 Å². The summed E-state index contributed by atoms with van der Waals surface area (Å²) in [6.07, 6.45) is 7.26. The van der Waals surface area contributed by atoms with Crippen LogP contribution in [0.2, 0.25) is 0 Å². The van der Waals surface area contributed by atoms with Crippen molar-refractivity contribution >= 4 is 12.0 Å². The minimum Gasteiger partial charge on any atom is -0.457 e. The van der Waals surface area contributed by atoms with E-state index in [1.54, 1.807) is 0 Å². The second-order valence-corrected chi connectivity index (χ2v) is 7.37. The molecule has 3 nitrogen and oxygen atoms in total. The van der Waals surface area contributed by atoms with Crippen LogP contribution in [0.1, 0.15) is 55.2 Å². The highest BCUT2D eigenvalue weighted by Crippen LogP contribution is 2.36. The molecule has 0 aliphatic heterocycles. The van der Waals surface area contributed by atoms with Crippen LogP contribution in [0.5, 0.6) is 11.5 Å². The number of aryl methyl sites for hydroxylation is 2. The lowest BCUT2D eigenvalue weighted by atomic mass is 9.98. The second-order valence-electron chi connectivity index (χ2n) is 7.37. The molecule has 0 saturated heterocycles. The van der Waals surface area contributed by atoms with E-state index in [0.717, 1.165) is 40.8 Å². The van der Waals surface area contributed by atoms with Crippen molar-refractivity contribution < 1.29 is 4.74 Å². The molecule has 0 heterocycles. The van der Waals surface area contributed by atoms with E-state index in [-0.39, 0.29) is 0 Å². The third kappa shape index (κ3) is 4.46. The zero-order valence-corrected chi connectivity index (χ0v) is 16.5. The first-order chi connectivity index (χ1) is 12.6. The molecule has 2 aromatic rings. The summed E-state index contributed by atoms with van der Waals surface area (Å²) in [7, 11) is 2.03. The molecule has 26 heavy (non-hydrogen) atoms. The van der Waals surface area contributed by atoms with Crippen LogP contribution in [0, 0.1) is 13.8 Å². The van der Waals surface area contributed by atoms with Gasteiger partial charge in [0.15, 0.2) is 0 Å². The van der Waals surface area contributed by atoms with Gasteiger partial charge in [-0.2, -0.15) is 0 Å². The Labute approximate surface area is 157 Å². The highest BCUT2D eigenvalue weighted by Gasteiger charge is 2.16. The summed E-state index contributed by atoms with van der Waals surface area (Å²) in [6, 6.07) is 12.8. The number of hydrogen-bond acceptors (Lipinski definition) is 2. The third-order valence-corrected chi connectivity index (χ3v) is 5.32. The Bertz CT molecular complexity index is 759. The van der Waals surface area contributed by atoms with Gasteiger partial charge in [0, 0.05) is 13.6 Å². The maximum absolute atomic E-state index is 6.15. The molecule has 1 saturated carbocycles. The summed E-state index contributed by atoms with van der Waals surface area (Å²) in [5.41, 5.74) is 4.66. The molecule has 3 heteroatoms. The van der Waals surface area contributed by atoms with E-state index in [0.29, 0.717) is 0 Å². The van der Waals surface area contributed by atoms with Crippen molar-refractivity contribution in [3.63, 3.8) is 0 Å². The van der Waals surface area contributed by atoms with Crippen LogP contribution < -0.4 is 4.74 Å². The quantitative estimate of drug-likeness (QED) is 0.447. The average Bonchev–Trinajstić information content (AvgIpc) is 3.18. The fourth-order valence-electron chi connectivity index (χ4n) is 3.46. The van der Waals surface area contributed by atoms with Gasteiger partial charge in [-0.1, -0.05) is 25.0 Å². The lowest BCUT2D eigenvalue weighted by Gasteiger charge is -2.14. The van der Waals surface area contributed by atoms with Crippen molar-refractivity contribution in [3.8, 4) is 11.5 Å². The Balaban J connectivity index is 1.73. The van der Waals surface area contributed by atoms with Crippen LogP contribution in [-0.4, -0.2) is 24.8 Å². The Morgan fingerprint density at radius 2 is 1.77 bits per heavy atom. The Kier molecular flexibility index (Phi) is 5.97. The highest BCUT2D eigenvalue weighted by molar-refractivity contribution is 5.64. The molecule has 1 fully saturated rings. The largest absolute Gasteiger partial charge is 0.457 e. The molecule has 1 aliphatic rings. The standard InChI is InChI=1S/C23H30N2O/c1-5-25(4)16-24-22-14-18(3)23(15-17(22)2)26-21-12-10-20(11-13-21)19-8-6-7-9-19/h10-16,19H,5-9H2,1-4H3/b24-16+. The fourth-order valence-corrected chi connectivity index (χ4v) is 3.46. The predicted molar refractivity (Wildman–Crippen MR) is 110 cm³/mol. The van der Waals surface area contributed by atoms with E-state index < -0.39 is 0 Å². The minimum absolute atomic E-state index is 0.742. The molecule has 2 aromatic carbocycles. The molecule has 0 bridgehead atoms. The third-order valence-electron chi connectivity index (χ3n) is 5.32. The maximum atomic E-state index is 6.15. The van der Waals surface area contributed by atoms with Gasteiger partial charge in [-0.25, -0.2) is 4.99 Å². The molecular weight excluding hydrogens is 320 g/mol. The van der Waals surface area contributed by atoms with E-state index in [2.05, 4.69) is 67.1 Å². The Morgan fingerprint density at radius 1 is 1.08 bits per heavy atom. The number of ether oxygens (including phenoxy) is 1. The molecule has 0 atom stereocenters. The summed E-state index contributed by atoms with van der Waals surface area (Å²) >= 11 is 0. The molecule has 0 amide bonds. The monoisotopic (exact) mass is 350 g/mol. The molecule has 0 N–H and O–H groups in total. The number of rotatable bonds is 6. The van der Waals surface area contributed by atoms with Gasteiger partial charge in [0.2, 0.25) is 0 Å². The van der Waals surface area contributed by atoms with Gasteiger partial charge in [-0.15, -0.1) is 0 Å². The first-order valence-corrected chi connectivity index (χ1v) is 9.70. The predicted octanol–water partition coefficient (Wildman–Crippen LogP) is 6.36. The Morgan fingerprint density at radius 3 is 2.42 bits per heavy atom. The number of benzene rings is 2. The van der Waals surface area contributed by atoms with Gasteiger partial charge in [0.25, 0.3) is 0 Å². The molecule has 138 valence electrons. The average molecular weight is 351 g/mol. The second kappa shape index (κ2) is 8.39. The molecule has 0 radical (unpaired) electrons. The van der Waals surface area contributed by atoms with Crippen molar-refractivity contribution in [3.05, 3.63) is 53.1 Å². The lowest BCUT2D eigenvalue weighted by Crippen LogP contribution is -2.14. The molecule has 1 aliphatic carbocycles. The van der Waals surface area contributed by atoms with Gasteiger partial charge in [0.05, 0.1) is 12.0 Å². The normalized spacial score (nSPS) is 14.9. The van der Waals surface area contributed by atoms with E-state index in [1.807, 2.05) is 13.4 Å². The smallest absolute Gasteiger partial charge is 0.130 e. The first kappa shape index (κ1) is 18.5. The van der Waals surface area contributed by atoms with Crippen molar-refractivity contribution in [2.45, 2.75) is 52.4 Å². The summed E-state index contributed by atoms with van der Waals surface area (Å²) in [5, 5.41) is 0. The summed E-state index contributed by atoms with van der Waals surface area (Å²) in [5.74, 6) is 2.54. The van der Waals surface area contributed by atoms with Crippen LogP contribution in [0.25, 0.3) is 0 Å². The molecule has 3 rings (SSSR count). The zero-order chi connectivity index (χ0) is 18.5. The van der Waals surface area contributed by atoms with Crippen LogP contribution >= 0.6 is 0 Å². The van der Waals surface area contributed by atoms with Gasteiger partial charge in [-0.05, 0) is 80.5 Å². The Hall–Kier alpha value is -2.29. The van der Waals surface area contributed by atoms with Crippen molar-refractivity contribution in [2.75, 3.05) is 13.6 Å². The highest BCUT2D eigenvalue weighted by atomic mass is 16.5. The number of aliphatic imine (C=N–C) groups is 1. The minimum atomic E-state index is 0.742. The first-order valence-electron chi connectivity index (χ1n) is 9.70. The molecule has 0 spiro atoms. The zero-order valence-electron chi connectivity index (χ0n) is 16.5. The van der Waals surface area contributed by atoms with Crippen LogP contribution in [0.3, 0.4) is 0 Å². The van der Waals surface area contributed by atoms with Crippen molar-refractivity contribution in [2.24, 2.45) is 4.99 Å². The van der Waals surface area contributed by atoms with Gasteiger partial charge >= 0.3 is 0 Å². The van der Waals surface area contributed by atoms with Crippen molar-refractivity contribution in [1.82, 2.24) is 4.90 Å². The van der Waals surface area contributed by atoms with Crippen molar-refractivity contribution in [1.29, 1.82) is 0 Å². The van der Waals surface area contributed by atoms with E-state index in [9.17, 15) is 0 Å². The fraction of sp³-hybridized carbons (Fsp3) is 0.435. The summed E-state index contributed by atoms with van der Waals surface area (Å²) in [6.45, 7) is 7.21. The maximum Gasteiger partial charge on any atom is 0.130 e. The topological polar surface area (TPSA) is 24.8 Å². The molecule has 0 unspecified atom stereocenters. The summed E-state index contributed by atoms with van der Waals surface area (Å²) < 4.78 is 6.15. The van der Waals surface area contributed by atoms with Gasteiger partial charge in [-0.3, -0.25) is 0 Å². The molecular formula is C23H30N2O. The summed E-state index contributed by atoms with van der Waals surface area (Å²) in [4.78, 5) is 6.65. The number of nitrogens with zero attached hydrogens (tertiary/aromatic N) is 2. The van der Waals surface area contributed by atoms with Gasteiger partial charge < -0.3 is 9.64 Å². The molecule has 0 aromatic heterocycles. The van der Waals surface area contributed by atoms with Crippen LogP contribution in [-0.2, 0) is 0 Å². The van der Waals surface area contributed by atoms with E-state index >= 15 is 0 Å². The van der Waals surface area contributed by atoms with Crippen LogP contribution in [0.4, 0.5) is 5.69 Å². The SMILES string of the molecule is CCN(C)/C=N/c1cc(C)c(Oc2ccc(C3CCCC3)cc2)cc1C.